The van der Waals surface area contributed by atoms with E-state index in [1.54, 1.807) is 18.4 Å². The number of nitrogens with zero attached hydrogens (tertiary/aromatic N) is 3. The van der Waals surface area contributed by atoms with Crippen molar-refractivity contribution in [2.24, 2.45) is 0 Å². The average Bonchev–Trinajstić information content (AvgIpc) is 3.55. The van der Waals surface area contributed by atoms with Gasteiger partial charge in [-0.2, -0.15) is 16.3 Å². The van der Waals surface area contributed by atoms with Crippen LogP contribution in [-0.4, -0.2) is 47.7 Å². The van der Waals surface area contributed by atoms with E-state index >= 15 is 0 Å². The first-order valence-electron chi connectivity index (χ1n) is 10.2. The molecule has 0 saturated carbocycles. The minimum atomic E-state index is -0.0237. The molecule has 4 rings (SSSR count). The summed E-state index contributed by atoms with van der Waals surface area (Å²) < 4.78 is 10.8. The van der Waals surface area contributed by atoms with Crippen LogP contribution >= 0.6 is 11.3 Å². The predicted octanol–water partition coefficient (Wildman–Crippen LogP) is 3.69. The number of methoxy groups -OCH3 is 1. The number of aromatic nitrogens is 2. The molecule has 0 aliphatic carbocycles. The molecule has 8 heteroatoms. The minimum absolute atomic E-state index is 0.0237. The maximum Gasteiger partial charge on any atom is 0.227 e. The monoisotopic (exact) mass is 426 g/mol. The van der Waals surface area contributed by atoms with Crippen molar-refractivity contribution in [3.05, 3.63) is 52.5 Å². The molecule has 1 fully saturated rings. The molecule has 158 valence electrons. The lowest BCUT2D eigenvalue weighted by Crippen LogP contribution is -2.37. The lowest BCUT2D eigenvalue weighted by atomic mass is 10.0. The van der Waals surface area contributed by atoms with E-state index in [0.717, 1.165) is 30.0 Å². The van der Waals surface area contributed by atoms with E-state index in [9.17, 15) is 4.79 Å². The van der Waals surface area contributed by atoms with Crippen LogP contribution in [0.5, 0.6) is 5.75 Å². The SMILES string of the molecule is COc1ccccc1[C@@H](CNC(=O)CCc1nc(-c2ccsc2)no1)N1CCCC1. The van der Waals surface area contributed by atoms with Gasteiger partial charge in [0.15, 0.2) is 0 Å². The maximum atomic E-state index is 12.5. The summed E-state index contributed by atoms with van der Waals surface area (Å²) >= 11 is 1.58. The fourth-order valence-electron chi connectivity index (χ4n) is 3.82. The fourth-order valence-corrected chi connectivity index (χ4v) is 4.45. The molecule has 1 amide bonds. The number of carbonyl (C=O) groups excluding carboxylic acids is 1. The predicted molar refractivity (Wildman–Crippen MR) is 115 cm³/mol. The third-order valence-electron chi connectivity index (χ3n) is 5.39. The zero-order chi connectivity index (χ0) is 20.8. The molecule has 1 aliphatic rings. The van der Waals surface area contributed by atoms with Gasteiger partial charge in [0, 0.05) is 35.9 Å². The van der Waals surface area contributed by atoms with Crippen LogP contribution in [0, 0.1) is 0 Å². The second kappa shape index (κ2) is 9.86. The number of likely N-dealkylation sites (tertiary alicyclic amines) is 1. The van der Waals surface area contributed by atoms with Crippen molar-refractivity contribution in [1.82, 2.24) is 20.4 Å². The highest BCUT2D eigenvalue weighted by Crippen LogP contribution is 2.31. The molecule has 3 aromatic rings. The van der Waals surface area contributed by atoms with Crippen LogP contribution in [0.4, 0.5) is 0 Å². The Labute approximate surface area is 180 Å². The second-order valence-corrected chi connectivity index (χ2v) is 8.11. The van der Waals surface area contributed by atoms with Gasteiger partial charge in [0.05, 0.1) is 13.2 Å². The van der Waals surface area contributed by atoms with Crippen molar-refractivity contribution in [3.63, 3.8) is 0 Å². The van der Waals surface area contributed by atoms with Gasteiger partial charge in [-0.1, -0.05) is 23.4 Å². The molecule has 0 radical (unpaired) electrons. The van der Waals surface area contributed by atoms with Gasteiger partial charge in [-0.15, -0.1) is 0 Å². The Hall–Kier alpha value is -2.71. The van der Waals surface area contributed by atoms with Crippen molar-refractivity contribution >= 4 is 17.2 Å². The highest BCUT2D eigenvalue weighted by Gasteiger charge is 2.26. The summed E-state index contributed by atoms with van der Waals surface area (Å²) in [7, 11) is 1.69. The number of amides is 1. The number of hydrogen-bond acceptors (Lipinski definition) is 7. The van der Waals surface area contributed by atoms with E-state index in [2.05, 4.69) is 26.4 Å². The minimum Gasteiger partial charge on any atom is -0.496 e. The van der Waals surface area contributed by atoms with Crippen LogP contribution < -0.4 is 10.1 Å². The van der Waals surface area contributed by atoms with Gasteiger partial charge in [0.2, 0.25) is 17.6 Å². The highest BCUT2D eigenvalue weighted by molar-refractivity contribution is 7.08. The molecule has 1 aromatic carbocycles. The third kappa shape index (κ3) is 4.88. The Bertz CT molecular complexity index is 951. The fraction of sp³-hybridized carbons (Fsp3) is 0.409. The summed E-state index contributed by atoms with van der Waals surface area (Å²) in [6.45, 7) is 2.61. The quantitative estimate of drug-likeness (QED) is 0.562. The number of ether oxygens (including phenoxy) is 1. The van der Waals surface area contributed by atoms with E-state index in [1.807, 2.05) is 35.0 Å². The zero-order valence-corrected chi connectivity index (χ0v) is 17.9. The van der Waals surface area contributed by atoms with Crippen molar-refractivity contribution in [3.8, 4) is 17.1 Å². The molecule has 2 aromatic heterocycles. The molecule has 1 atom stereocenters. The van der Waals surface area contributed by atoms with Gasteiger partial charge in [-0.05, 0) is 43.4 Å². The van der Waals surface area contributed by atoms with E-state index < -0.39 is 0 Å². The molecule has 3 heterocycles. The molecule has 30 heavy (non-hydrogen) atoms. The zero-order valence-electron chi connectivity index (χ0n) is 17.0. The summed E-state index contributed by atoms with van der Waals surface area (Å²) in [5.74, 6) is 1.88. The smallest absolute Gasteiger partial charge is 0.227 e. The van der Waals surface area contributed by atoms with Crippen molar-refractivity contribution < 1.29 is 14.1 Å². The van der Waals surface area contributed by atoms with Gasteiger partial charge in [-0.3, -0.25) is 9.69 Å². The summed E-state index contributed by atoms with van der Waals surface area (Å²) in [5.41, 5.74) is 2.05. The molecule has 0 bridgehead atoms. The standard InChI is InChI=1S/C22H26N4O3S/c1-28-19-7-3-2-6-17(19)18(26-11-4-5-12-26)14-23-20(27)8-9-21-24-22(25-29-21)16-10-13-30-15-16/h2-3,6-7,10,13,15,18H,4-5,8-9,11-12,14H2,1H3,(H,23,27)/t18-/m1/s1. The molecule has 1 N–H and O–H groups in total. The third-order valence-corrected chi connectivity index (χ3v) is 6.07. The number of benzene rings is 1. The first-order valence-corrected chi connectivity index (χ1v) is 11.2. The molecule has 0 spiro atoms. The lowest BCUT2D eigenvalue weighted by molar-refractivity contribution is -0.121. The summed E-state index contributed by atoms with van der Waals surface area (Å²) in [5, 5.41) is 11.0. The molecule has 7 nitrogen and oxygen atoms in total. The van der Waals surface area contributed by atoms with Crippen molar-refractivity contribution in [1.29, 1.82) is 0 Å². The normalized spacial score (nSPS) is 15.2. The highest BCUT2D eigenvalue weighted by atomic mass is 32.1. The van der Waals surface area contributed by atoms with Crippen LogP contribution in [0.1, 0.15) is 36.8 Å². The van der Waals surface area contributed by atoms with Crippen LogP contribution in [0.2, 0.25) is 0 Å². The van der Waals surface area contributed by atoms with Crippen molar-refractivity contribution in [2.45, 2.75) is 31.7 Å². The van der Waals surface area contributed by atoms with Crippen LogP contribution in [0.25, 0.3) is 11.4 Å². The topological polar surface area (TPSA) is 80.5 Å². The number of hydrogen-bond donors (Lipinski definition) is 1. The Balaban J connectivity index is 1.34. The summed E-state index contributed by atoms with van der Waals surface area (Å²) in [6.07, 6.45) is 3.10. The molecule has 0 unspecified atom stereocenters. The summed E-state index contributed by atoms with van der Waals surface area (Å²) in [4.78, 5) is 19.3. The maximum absolute atomic E-state index is 12.5. The molecule has 1 aliphatic heterocycles. The van der Waals surface area contributed by atoms with Gasteiger partial charge >= 0.3 is 0 Å². The number of carbonyl (C=O) groups is 1. The number of aryl methyl sites for hydroxylation is 1. The molecule has 1 saturated heterocycles. The van der Waals surface area contributed by atoms with Crippen LogP contribution in [-0.2, 0) is 11.2 Å². The first-order chi connectivity index (χ1) is 14.7. The van der Waals surface area contributed by atoms with Gasteiger partial charge < -0.3 is 14.6 Å². The van der Waals surface area contributed by atoms with Crippen LogP contribution in [0.15, 0.2) is 45.6 Å². The van der Waals surface area contributed by atoms with E-state index in [-0.39, 0.29) is 11.9 Å². The van der Waals surface area contributed by atoms with E-state index in [0.29, 0.717) is 31.1 Å². The first kappa shape index (κ1) is 20.6. The van der Waals surface area contributed by atoms with Gasteiger partial charge in [0.25, 0.3) is 0 Å². The Morgan fingerprint density at radius 2 is 2.13 bits per heavy atom. The Morgan fingerprint density at radius 3 is 2.90 bits per heavy atom. The molecular weight excluding hydrogens is 400 g/mol. The van der Waals surface area contributed by atoms with Gasteiger partial charge in [0.1, 0.15) is 5.75 Å². The number of para-hydroxylation sites is 1. The van der Waals surface area contributed by atoms with E-state index in [1.165, 1.54) is 12.8 Å². The largest absolute Gasteiger partial charge is 0.496 e. The number of rotatable bonds is 9. The average molecular weight is 427 g/mol. The van der Waals surface area contributed by atoms with Crippen LogP contribution in [0.3, 0.4) is 0 Å². The molecular formula is C22H26N4O3S. The second-order valence-electron chi connectivity index (χ2n) is 7.33. The van der Waals surface area contributed by atoms with E-state index in [4.69, 9.17) is 9.26 Å². The lowest BCUT2D eigenvalue weighted by Gasteiger charge is -2.29. The summed E-state index contributed by atoms with van der Waals surface area (Å²) in [6, 6.07) is 10.1. The Morgan fingerprint density at radius 1 is 1.30 bits per heavy atom. The number of thiophene rings is 1. The number of nitrogens with one attached hydrogen (secondary N) is 1. The van der Waals surface area contributed by atoms with Gasteiger partial charge in [-0.25, -0.2) is 0 Å². The Kier molecular flexibility index (Phi) is 6.76. The van der Waals surface area contributed by atoms with Crippen molar-refractivity contribution in [2.75, 3.05) is 26.7 Å².